The van der Waals surface area contributed by atoms with Crippen molar-refractivity contribution in [3.05, 3.63) is 35.9 Å². The Kier molecular flexibility index (Phi) is 8.03. The van der Waals surface area contributed by atoms with Crippen LogP contribution in [0.1, 0.15) is 25.3 Å². The summed E-state index contributed by atoms with van der Waals surface area (Å²) in [6.45, 7) is 5.19. The minimum atomic E-state index is 0. The smallest absolute Gasteiger partial charge is 0.191 e. The van der Waals surface area contributed by atoms with Crippen molar-refractivity contribution in [2.45, 2.75) is 25.2 Å². The molecule has 0 atom stereocenters. The van der Waals surface area contributed by atoms with Gasteiger partial charge in [-0.2, -0.15) is 0 Å². The molecule has 1 aromatic rings. The van der Waals surface area contributed by atoms with Crippen LogP contribution in [-0.2, 0) is 10.2 Å². The fourth-order valence-corrected chi connectivity index (χ4v) is 2.37. The van der Waals surface area contributed by atoms with Gasteiger partial charge >= 0.3 is 0 Å². The normalized spacial score (nSPS) is 16.0. The maximum atomic E-state index is 5.31. The average Bonchev–Trinajstić information content (AvgIpc) is 3.29. The molecule has 4 nitrogen and oxygen atoms in total. The van der Waals surface area contributed by atoms with E-state index in [9.17, 15) is 0 Å². The summed E-state index contributed by atoms with van der Waals surface area (Å²) >= 11 is 0. The SMILES string of the molecule is CCOCCNC(=NC)NCC1(c2ccccc2)CC1.I. The van der Waals surface area contributed by atoms with Gasteiger partial charge in [0.05, 0.1) is 6.61 Å². The lowest BCUT2D eigenvalue weighted by atomic mass is 9.96. The molecule has 2 N–H and O–H groups in total. The van der Waals surface area contributed by atoms with Crippen LogP contribution in [-0.4, -0.2) is 39.3 Å². The molecule has 2 rings (SSSR count). The van der Waals surface area contributed by atoms with Crippen LogP contribution in [0.3, 0.4) is 0 Å². The van der Waals surface area contributed by atoms with Crippen LogP contribution in [0.15, 0.2) is 35.3 Å². The van der Waals surface area contributed by atoms with Crippen LogP contribution in [0.5, 0.6) is 0 Å². The van der Waals surface area contributed by atoms with Gasteiger partial charge in [0.25, 0.3) is 0 Å². The number of hydrogen-bond donors (Lipinski definition) is 2. The van der Waals surface area contributed by atoms with E-state index in [4.69, 9.17) is 4.74 Å². The molecule has 1 fully saturated rings. The van der Waals surface area contributed by atoms with Gasteiger partial charge in [-0.3, -0.25) is 4.99 Å². The number of hydrogen-bond acceptors (Lipinski definition) is 2. The molecule has 1 saturated carbocycles. The Bertz CT molecular complexity index is 432. The van der Waals surface area contributed by atoms with Crippen molar-refractivity contribution in [2.24, 2.45) is 4.99 Å². The molecule has 21 heavy (non-hydrogen) atoms. The van der Waals surface area contributed by atoms with Crippen molar-refractivity contribution in [3.63, 3.8) is 0 Å². The molecule has 1 aliphatic rings. The Morgan fingerprint density at radius 3 is 2.52 bits per heavy atom. The quantitative estimate of drug-likeness (QED) is 0.318. The molecule has 0 spiro atoms. The molecule has 0 heterocycles. The van der Waals surface area contributed by atoms with Crippen LogP contribution in [0, 0.1) is 0 Å². The Hall–Kier alpha value is -0.820. The second-order valence-corrected chi connectivity index (χ2v) is 5.20. The number of benzene rings is 1. The first kappa shape index (κ1) is 18.2. The summed E-state index contributed by atoms with van der Waals surface area (Å²) in [6.07, 6.45) is 2.50. The van der Waals surface area contributed by atoms with Gasteiger partial charge in [-0.15, -0.1) is 24.0 Å². The zero-order valence-corrected chi connectivity index (χ0v) is 15.2. The standard InChI is InChI=1S/C16H25N3O.HI/c1-3-20-12-11-18-15(17-2)19-13-16(9-10-16)14-7-5-4-6-8-14;/h4-8H,3,9-13H2,1-2H3,(H2,17,18,19);1H. The second kappa shape index (κ2) is 9.25. The van der Waals surface area contributed by atoms with E-state index in [2.05, 4.69) is 46.0 Å². The molecule has 0 aliphatic heterocycles. The second-order valence-electron chi connectivity index (χ2n) is 5.20. The third-order valence-electron chi connectivity index (χ3n) is 3.80. The number of guanidine groups is 1. The van der Waals surface area contributed by atoms with Crippen molar-refractivity contribution in [2.75, 3.05) is 33.4 Å². The Labute approximate surface area is 144 Å². The van der Waals surface area contributed by atoms with E-state index in [1.54, 1.807) is 7.05 Å². The van der Waals surface area contributed by atoms with Crippen molar-refractivity contribution in [1.29, 1.82) is 0 Å². The maximum absolute atomic E-state index is 5.31. The summed E-state index contributed by atoms with van der Waals surface area (Å²) in [4.78, 5) is 4.25. The summed E-state index contributed by atoms with van der Waals surface area (Å²) in [6, 6.07) is 10.7. The highest BCUT2D eigenvalue weighted by Crippen LogP contribution is 2.47. The van der Waals surface area contributed by atoms with Gasteiger partial charge in [-0.05, 0) is 25.3 Å². The lowest BCUT2D eigenvalue weighted by Gasteiger charge is -2.19. The van der Waals surface area contributed by atoms with E-state index in [1.165, 1.54) is 18.4 Å². The molecular weight excluding hydrogens is 377 g/mol. The molecule has 0 radical (unpaired) electrons. The molecule has 0 unspecified atom stereocenters. The number of nitrogens with zero attached hydrogens (tertiary/aromatic N) is 1. The predicted octanol–water partition coefficient (Wildman–Crippen LogP) is 2.54. The number of halogens is 1. The molecule has 0 bridgehead atoms. The molecule has 1 aromatic carbocycles. The molecule has 0 aromatic heterocycles. The number of nitrogens with one attached hydrogen (secondary N) is 2. The Morgan fingerprint density at radius 2 is 1.95 bits per heavy atom. The first-order valence-corrected chi connectivity index (χ1v) is 7.38. The molecule has 0 saturated heterocycles. The Morgan fingerprint density at radius 1 is 1.24 bits per heavy atom. The van der Waals surface area contributed by atoms with E-state index in [0.717, 1.165) is 25.7 Å². The molecule has 118 valence electrons. The number of ether oxygens (including phenoxy) is 1. The van der Waals surface area contributed by atoms with E-state index >= 15 is 0 Å². The topological polar surface area (TPSA) is 45.6 Å². The highest BCUT2D eigenvalue weighted by Gasteiger charge is 2.43. The largest absolute Gasteiger partial charge is 0.380 e. The maximum Gasteiger partial charge on any atom is 0.191 e. The Balaban J connectivity index is 0.00000220. The van der Waals surface area contributed by atoms with Crippen LogP contribution in [0.25, 0.3) is 0 Å². The van der Waals surface area contributed by atoms with Crippen LogP contribution < -0.4 is 10.6 Å². The minimum Gasteiger partial charge on any atom is -0.380 e. The highest BCUT2D eigenvalue weighted by molar-refractivity contribution is 14.0. The fourth-order valence-electron chi connectivity index (χ4n) is 2.37. The van der Waals surface area contributed by atoms with Gasteiger partial charge in [0.15, 0.2) is 5.96 Å². The van der Waals surface area contributed by atoms with E-state index < -0.39 is 0 Å². The summed E-state index contributed by atoms with van der Waals surface area (Å²) in [5, 5.41) is 6.70. The van der Waals surface area contributed by atoms with Crippen LogP contribution in [0.4, 0.5) is 0 Å². The summed E-state index contributed by atoms with van der Waals surface area (Å²) in [5.74, 6) is 0.854. The summed E-state index contributed by atoms with van der Waals surface area (Å²) < 4.78 is 5.31. The van der Waals surface area contributed by atoms with Gasteiger partial charge in [-0.25, -0.2) is 0 Å². The van der Waals surface area contributed by atoms with Crippen molar-refractivity contribution in [1.82, 2.24) is 10.6 Å². The third-order valence-corrected chi connectivity index (χ3v) is 3.80. The van der Waals surface area contributed by atoms with Crippen LogP contribution in [0.2, 0.25) is 0 Å². The lowest BCUT2D eigenvalue weighted by Crippen LogP contribution is -2.42. The predicted molar refractivity (Wildman–Crippen MR) is 98.6 cm³/mol. The zero-order valence-electron chi connectivity index (χ0n) is 12.9. The average molecular weight is 403 g/mol. The van der Waals surface area contributed by atoms with E-state index in [-0.39, 0.29) is 24.0 Å². The summed E-state index contributed by atoms with van der Waals surface area (Å²) in [7, 11) is 1.80. The lowest BCUT2D eigenvalue weighted by molar-refractivity contribution is 0.152. The number of rotatable bonds is 7. The molecule has 0 amide bonds. The van der Waals surface area contributed by atoms with Crippen molar-refractivity contribution in [3.8, 4) is 0 Å². The molecule has 1 aliphatic carbocycles. The van der Waals surface area contributed by atoms with Crippen LogP contribution >= 0.6 is 24.0 Å². The van der Waals surface area contributed by atoms with Crippen molar-refractivity contribution >= 4 is 29.9 Å². The molecular formula is C16H26IN3O. The van der Waals surface area contributed by atoms with Gasteiger partial charge in [0.1, 0.15) is 0 Å². The van der Waals surface area contributed by atoms with Gasteiger partial charge < -0.3 is 15.4 Å². The van der Waals surface area contributed by atoms with E-state index in [0.29, 0.717) is 12.0 Å². The minimum absolute atomic E-state index is 0. The number of aliphatic imine (C=N–C) groups is 1. The van der Waals surface area contributed by atoms with Gasteiger partial charge in [0.2, 0.25) is 0 Å². The van der Waals surface area contributed by atoms with Gasteiger partial charge in [0, 0.05) is 32.2 Å². The third kappa shape index (κ3) is 5.47. The van der Waals surface area contributed by atoms with Crippen molar-refractivity contribution < 1.29 is 4.74 Å². The zero-order chi connectivity index (χ0) is 14.3. The first-order chi connectivity index (χ1) is 9.80. The first-order valence-electron chi connectivity index (χ1n) is 7.38. The molecule has 5 heteroatoms. The summed E-state index contributed by atoms with van der Waals surface area (Å²) in [5.41, 5.74) is 1.73. The van der Waals surface area contributed by atoms with Gasteiger partial charge in [-0.1, -0.05) is 30.3 Å². The fraction of sp³-hybridized carbons (Fsp3) is 0.562. The highest BCUT2D eigenvalue weighted by atomic mass is 127. The van der Waals surface area contributed by atoms with E-state index in [1.807, 2.05) is 6.92 Å². The monoisotopic (exact) mass is 403 g/mol.